The van der Waals surface area contributed by atoms with Crippen molar-refractivity contribution in [3.05, 3.63) is 0 Å². The molecule has 1 N–H and O–H groups in total. The molecule has 6 heavy (non-hydrogen) atoms. The van der Waals surface area contributed by atoms with Crippen LogP contribution >= 0.6 is 17.1 Å². The molecule has 0 amide bonds. The quantitative estimate of drug-likeness (QED) is 0.481. The van der Waals surface area contributed by atoms with Gasteiger partial charge in [-0.3, -0.25) is 4.86 Å². The smallest absolute Gasteiger partial charge is 0.0421 e. The Balaban J connectivity index is 2.20. The van der Waals surface area contributed by atoms with Gasteiger partial charge in [-0.25, -0.2) is 4.44 Å². The van der Waals surface area contributed by atoms with E-state index in [9.17, 15) is 0 Å². The lowest BCUT2D eigenvalue weighted by atomic mass is 11.6. The highest BCUT2D eigenvalue weighted by Crippen LogP contribution is 2.51. The van der Waals surface area contributed by atoms with Crippen molar-refractivity contribution in [1.82, 2.24) is 9.30 Å². The summed E-state index contributed by atoms with van der Waals surface area (Å²) in [6.07, 6.45) is 0. The third-order valence-electron chi connectivity index (χ3n) is 0.824. The van der Waals surface area contributed by atoms with Crippen molar-refractivity contribution in [3.63, 3.8) is 0 Å². The van der Waals surface area contributed by atoms with Gasteiger partial charge in [-0.1, -0.05) is 0 Å². The molecule has 36 valence electrons. The van der Waals surface area contributed by atoms with E-state index in [-0.39, 0.29) is 8.22 Å². The topological polar surface area (TPSA) is 15.3 Å². The van der Waals surface area contributed by atoms with Crippen LogP contribution in [0.5, 0.6) is 0 Å². The molecule has 1 fully saturated rings. The van der Waals surface area contributed by atoms with E-state index >= 15 is 0 Å². The van der Waals surface area contributed by atoms with E-state index in [1.54, 1.807) is 0 Å². The lowest BCUT2D eigenvalue weighted by Crippen LogP contribution is -2.20. The first kappa shape index (κ1) is 4.93. The summed E-state index contributed by atoms with van der Waals surface area (Å²) in [4.78, 5) is 3.28. The Kier molecular flexibility index (Phi) is 1.41. The van der Waals surface area contributed by atoms with E-state index in [0.717, 1.165) is 8.88 Å². The molecule has 1 aliphatic rings. The van der Waals surface area contributed by atoms with Crippen molar-refractivity contribution in [2.45, 2.75) is 0 Å². The molecule has 1 saturated heterocycles. The van der Waals surface area contributed by atoms with Gasteiger partial charge < -0.3 is 0 Å². The highest BCUT2D eigenvalue weighted by atomic mass is 31.2. The van der Waals surface area contributed by atoms with Gasteiger partial charge in [0.05, 0.1) is 0 Å². The van der Waals surface area contributed by atoms with Crippen LogP contribution in [0.3, 0.4) is 0 Å². The molecule has 4 heteroatoms. The van der Waals surface area contributed by atoms with Crippen LogP contribution in [0.25, 0.3) is 0 Å². The van der Waals surface area contributed by atoms with E-state index < -0.39 is 0 Å². The lowest BCUT2D eigenvalue weighted by molar-refractivity contribution is 0.848. The predicted octanol–water partition coefficient (Wildman–Crippen LogP) is 0.972. The van der Waals surface area contributed by atoms with Gasteiger partial charge in [0.1, 0.15) is 0 Å². The molecule has 0 aromatic carbocycles. The summed E-state index contributed by atoms with van der Waals surface area (Å²) in [5, 5.41) is 0. The summed E-state index contributed by atoms with van der Waals surface area (Å²) in [7, 11) is 3.14. The molecule has 1 aliphatic heterocycles. The monoisotopic (exact) mass is 122 g/mol. The van der Waals surface area contributed by atoms with E-state index in [1.165, 1.54) is 0 Å². The van der Waals surface area contributed by atoms with Gasteiger partial charge in [-0.2, -0.15) is 0 Å². The standard InChI is InChI=1S/C2H8N2P2/c1-4-5-3-6(4)2/h3,5H,1-2H3. The molecule has 0 saturated carbocycles. The van der Waals surface area contributed by atoms with Gasteiger partial charge in [-0.05, 0) is 13.7 Å². The molecule has 0 spiro atoms. The molecule has 2 nitrogen and oxygen atoms in total. The van der Waals surface area contributed by atoms with Crippen molar-refractivity contribution in [2.75, 3.05) is 13.7 Å². The van der Waals surface area contributed by atoms with E-state index in [2.05, 4.69) is 23.0 Å². The lowest BCUT2D eigenvalue weighted by Gasteiger charge is -2.34. The SMILES string of the molecule is CN1PNP1C. The van der Waals surface area contributed by atoms with Gasteiger partial charge in [0, 0.05) is 17.1 Å². The van der Waals surface area contributed by atoms with Crippen LogP contribution in [0.2, 0.25) is 0 Å². The second kappa shape index (κ2) is 1.71. The number of nitrogens with one attached hydrogen (secondary N) is 1. The van der Waals surface area contributed by atoms with Crippen molar-refractivity contribution in [1.29, 1.82) is 0 Å². The van der Waals surface area contributed by atoms with Crippen LogP contribution < -0.4 is 4.86 Å². The molecule has 1 heterocycles. The molecule has 2 unspecified atom stereocenters. The maximum absolute atomic E-state index is 3.28. The first-order valence-corrected chi connectivity index (χ1v) is 4.48. The second-order valence-electron chi connectivity index (χ2n) is 1.27. The first-order chi connectivity index (χ1) is 2.80. The molecule has 0 aromatic rings. The number of hydrogen-bond donors (Lipinski definition) is 1. The Bertz CT molecular complexity index is 49.5. The zero-order valence-corrected chi connectivity index (χ0v) is 5.79. The van der Waals surface area contributed by atoms with Crippen LogP contribution in [-0.4, -0.2) is 18.2 Å². The Morgan fingerprint density at radius 3 is 2.33 bits per heavy atom. The van der Waals surface area contributed by atoms with Gasteiger partial charge in [-0.15, -0.1) is 0 Å². The molecule has 1 rings (SSSR count). The summed E-state index contributed by atoms with van der Waals surface area (Å²) >= 11 is 0. The highest BCUT2D eigenvalue weighted by Gasteiger charge is 2.16. The minimum absolute atomic E-state index is 0.117. The molecule has 0 aromatic heterocycles. The molecule has 2 atom stereocenters. The van der Waals surface area contributed by atoms with Crippen LogP contribution in [0.15, 0.2) is 0 Å². The van der Waals surface area contributed by atoms with Crippen LogP contribution in [0.1, 0.15) is 0 Å². The summed E-state index contributed by atoms with van der Waals surface area (Å²) in [6.45, 7) is 2.21. The minimum atomic E-state index is 0.117. The first-order valence-electron chi connectivity index (χ1n) is 1.79. The third-order valence-corrected chi connectivity index (χ3v) is 4.94. The zero-order chi connectivity index (χ0) is 4.57. The average molecular weight is 122 g/mol. The summed E-state index contributed by atoms with van der Waals surface area (Å²) in [5.74, 6) is 0. The van der Waals surface area contributed by atoms with Gasteiger partial charge in [0.25, 0.3) is 0 Å². The number of nitrogens with zero attached hydrogens (tertiary/aromatic N) is 1. The van der Waals surface area contributed by atoms with E-state index in [4.69, 9.17) is 0 Å². The average Bonchev–Trinajstić information content (AvgIpc) is 1.61. The fourth-order valence-electron chi connectivity index (χ4n) is 0.250. The van der Waals surface area contributed by atoms with Gasteiger partial charge in [0.15, 0.2) is 0 Å². The third kappa shape index (κ3) is 0.714. The molecular formula is C2H8N2P2. The van der Waals surface area contributed by atoms with Crippen molar-refractivity contribution in [2.24, 2.45) is 0 Å². The molecule has 0 aliphatic carbocycles. The van der Waals surface area contributed by atoms with Gasteiger partial charge in [0.2, 0.25) is 0 Å². The van der Waals surface area contributed by atoms with Crippen LogP contribution in [0.4, 0.5) is 0 Å². The van der Waals surface area contributed by atoms with E-state index in [0.29, 0.717) is 0 Å². The minimum Gasteiger partial charge on any atom is -0.251 e. The molecule has 0 bridgehead atoms. The molecule has 0 radical (unpaired) electrons. The van der Waals surface area contributed by atoms with Crippen molar-refractivity contribution < 1.29 is 0 Å². The van der Waals surface area contributed by atoms with Crippen LogP contribution in [0, 0.1) is 0 Å². The van der Waals surface area contributed by atoms with Gasteiger partial charge >= 0.3 is 0 Å². The largest absolute Gasteiger partial charge is 0.251 e. The zero-order valence-electron chi connectivity index (χ0n) is 3.89. The fourth-order valence-corrected chi connectivity index (χ4v) is 2.25. The normalized spacial score (nSPS) is 40.0. The van der Waals surface area contributed by atoms with Crippen LogP contribution in [-0.2, 0) is 0 Å². The highest BCUT2D eigenvalue weighted by molar-refractivity contribution is 7.75. The molecular weight excluding hydrogens is 114 g/mol. The summed E-state index contributed by atoms with van der Waals surface area (Å²) in [5.41, 5.74) is 0. The second-order valence-corrected chi connectivity index (χ2v) is 5.08. The summed E-state index contributed by atoms with van der Waals surface area (Å²) in [6, 6.07) is 0. The van der Waals surface area contributed by atoms with Crippen molar-refractivity contribution in [3.8, 4) is 0 Å². The Hall–Kier alpha value is 0.780. The Labute approximate surface area is 41.0 Å². The Morgan fingerprint density at radius 2 is 2.33 bits per heavy atom. The van der Waals surface area contributed by atoms with E-state index in [1.807, 2.05) is 0 Å². The predicted molar refractivity (Wildman–Crippen MR) is 32.1 cm³/mol. The number of rotatable bonds is 0. The maximum atomic E-state index is 3.28. The van der Waals surface area contributed by atoms with Crippen molar-refractivity contribution >= 4 is 17.1 Å². The fraction of sp³-hybridized carbons (Fsp3) is 1.00. The maximum Gasteiger partial charge on any atom is 0.0421 e. The Morgan fingerprint density at radius 1 is 1.83 bits per heavy atom. The number of hydrogen-bond acceptors (Lipinski definition) is 2. The summed E-state index contributed by atoms with van der Waals surface area (Å²) < 4.78 is 2.33.